The molecule has 19 heavy (non-hydrogen) atoms. The normalized spacial score (nSPS) is 19.2. The summed E-state index contributed by atoms with van der Waals surface area (Å²) in [6.07, 6.45) is 2.55. The Morgan fingerprint density at radius 1 is 1.32 bits per heavy atom. The number of piperidine rings is 1. The van der Waals surface area contributed by atoms with E-state index in [9.17, 15) is 14.7 Å². The van der Waals surface area contributed by atoms with Crippen molar-refractivity contribution >= 4 is 27.8 Å². The Labute approximate surface area is 120 Å². The second kappa shape index (κ2) is 6.19. The molecule has 1 amide bonds. The van der Waals surface area contributed by atoms with Crippen LogP contribution in [-0.2, 0) is 16.0 Å². The van der Waals surface area contributed by atoms with E-state index < -0.39 is 12.0 Å². The number of rotatable bonds is 3. The molecule has 1 aliphatic rings. The van der Waals surface area contributed by atoms with Crippen LogP contribution >= 0.6 is 15.9 Å². The third kappa shape index (κ3) is 3.35. The summed E-state index contributed by atoms with van der Waals surface area (Å²) in [7, 11) is 0. The van der Waals surface area contributed by atoms with Crippen molar-refractivity contribution in [1.82, 2.24) is 4.90 Å². The van der Waals surface area contributed by atoms with E-state index in [2.05, 4.69) is 15.9 Å². The molecule has 0 bridgehead atoms. The molecule has 1 atom stereocenters. The maximum absolute atomic E-state index is 12.3. The van der Waals surface area contributed by atoms with Crippen molar-refractivity contribution in [2.24, 2.45) is 0 Å². The lowest BCUT2D eigenvalue weighted by Crippen LogP contribution is -2.48. The van der Waals surface area contributed by atoms with Crippen LogP contribution in [0.25, 0.3) is 0 Å². The third-order valence-corrected chi connectivity index (χ3v) is 4.18. The maximum atomic E-state index is 12.3. The Hall–Kier alpha value is -1.36. The molecular weight excluding hydrogens is 310 g/mol. The smallest absolute Gasteiger partial charge is 0.326 e. The van der Waals surface area contributed by atoms with Crippen LogP contribution in [0, 0.1) is 0 Å². The topological polar surface area (TPSA) is 57.6 Å². The van der Waals surface area contributed by atoms with Crippen LogP contribution < -0.4 is 0 Å². The molecule has 0 aromatic heterocycles. The molecule has 4 nitrogen and oxygen atoms in total. The van der Waals surface area contributed by atoms with Crippen molar-refractivity contribution < 1.29 is 14.7 Å². The first-order valence-electron chi connectivity index (χ1n) is 6.35. The molecule has 5 heteroatoms. The lowest BCUT2D eigenvalue weighted by atomic mass is 10.0. The molecule has 0 saturated carbocycles. The lowest BCUT2D eigenvalue weighted by Gasteiger charge is -2.33. The van der Waals surface area contributed by atoms with Gasteiger partial charge in [-0.2, -0.15) is 0 Å². The Morgan fingerprint density at radius 3 is 2.74 bits per heavy atom. The predicted molar refractivity (Wildman–Crippen MR) is 74.8 cm³/mol. The van der Waals surface area contributed by atoms with Gasteiger partial charge >= 0.3 is 5.97 Å². The SMILES string of the molecule is O=C(O)C1CCCCN1C(=O)Cc1ccccc1Br. The number of halogens is 1. The Bertz CT molecular complexity index is 489. The summed E-state index contributed by atoms with van der Waals surface area (Å²) >= 11 is 3.41. The van der Waals surface area contributed by atoms with Gasteiger partial charge in [-0.05, 0) is 30.9 Å². The van der Waals surface area contributed by atoms with Crippen molar-refractivity contribution in [1.29, 1.82) is 0 Å². The van der Waals surface area contributed by atoms with Gasteiger partial charge in [0.1, 0.15) is 6.04 Å². The highest BCUT2D eigenvalue weighted by Gasteiger charge is 2.31. The Kier molecular flexibility index (Phi) is 4.58. The van der Waals surface area contributed by atoms with E-state index in [1.54, 1.807) is 0 Å². The summed E-state index contributed by atoms with van der Waals surface area (Å²) in [6, 6.07) is 6.86. The van der Waals surface area contributed by atoms with Crippen LogP contribution in [0.4, 0.5) is 0 Å². The van der Waals surface area contributed by atoms with Gasteiger partial charge in [-0.3, -0.25) is 4.79 Å². The van der Waals surface area contributed by atoms with Crippen LogP contribution in [0.5, 0.6) is 0 Å². The van der Waals surface area contributed by atoms with E-state index in [1.165, 1.54) is 4.90 Å². The molecule has 1 saturated heterocycles. The van der Waals surface area contributed by atoms with Crippen molar-refractivity contribution in [2.45, 2.75) is 31.7 Å². The van der Waals surface area contributed by atoms with Gasteiger partial charge in [0, 0.05) is 11.0 Å². The highest BCUT2D eigenvalue weighted by molar-refractivity contribution is 9.10. The zero-order valence-electron chi connectivity index (χ0n) is 10.5. The standard InChI is InChI=1S/C14H16BrNO3/c15-11-6-2-1-5-10(11)9-13(17)16-8-4-3-7-12(16)14(18)19/h1-2,5-6,12H,3-4,7-9H2,(H,18,19). The van der Waals surface area contributed by atoms with Gasteiger partial charge in [-0.25, -0.2) is 4.79 Å². The minimum absolute atomic E-state index is 0.112. The average molecular weight is 326 g/mol. The number of carboxylic acids is 1. The zero-order chi connectivity index (χ0) is 13.8. The van der Waals surface area contributed by atoms with E-state index in [4.69, 9.17) is 0 Å². The van der Waals surface area contributed by atoms with Gasteiger partial charge < -0.3 is 10.0 Å². The Balaban J connectivity index is 2.10. The first kappa shape index (κ1) is 14.1. The lowest BCUT2D eigenvalue weighted by molar-refractivity contribution is -0.151. The van der Waals surface area contributed by atoms with Gasteiger partial charge in [0.25, 0.3) is 0 Å². The fraction of sp³-hybridized carbons (Fsp3) is 0.429. The van der Waals surface area contributed by atoms with Crippen LogP contribution in [0.3, 0.4) is 0 Å². The number of amides is 1. The van der Waals surface area contributed by atoms with Crippen LogP contribution in [0.1, 0.15) is 24.8 Å². The molecule has 0 aliphatic carbocycles. The molecule has 1 aliphatic heterocycles. The quantitative estimate of drug-likeness (QED) is 0.928. The molecular formula is C14H16BrNO3. The second-order valence-electron chi connectivity index (χ2n) is 4.71. The molecule has 1 fully saturated rings. The van der Waals surface area contributed by atoms with Gasteiger partial charge in [0.05, 0.1) is 6.42 Å². The summed E-state index contributed by atoms with van der Waals surface area (Å²) < 4.78 is 0.882. The average Bonchev–Trinajstić information content (AvgIpc) is 2.41. The number of carbonyl (C=O) groups is 2. The fourth-order valence-corrected chi connectivity index (χ4v) is 2.82. The fourth-order valence-electron chi connectivity index (χ4n) is 2.39. The highest BCUT2D eigenvalue weighted by Crippen LogP contribution is 2.21. The first-order chi connectivity index (χ1) is 9.09. The largest absolute Gasteiger partial charge is 0.480 e. The van der Waals surface area contributed by atoms with Crippen molar-refractivity contribution in [3.8, 4) is 0 Å². The molecule has 1 N–H and O–H groups in total. The van der Waals surface area contributed by atoms with E-state index >= 15 is 0 Å². The molecule has 2 rings (SSSR count). The van der Waals surface area contributed by atoms with Gasteiger partial charge in [0.15, 0.2) is 0 Å². The minimum Gasteiger partial charge on any atom is -0.480 e. The molecule has 102 valence electrons. The van der Waals surface area contributed by atoms with E-state index in [0.29, 0.717) is 13.0 Å². The van der Waals surface area contributed by atoms with Crippen molar-refractivity contribution in [3.63, 3.8) is 0 Å². The summed E-state index contributed by atoms with van der Waals surface area (Å²) in [6.45, 7) is 0.542. The second-order valence-corrected chi connectivity index (χ2v) is 5.56. The monoisotopic (exact) mass is 325 g/mol. The molecule has 0 spiro atoms. The minimum atomic E-state index is -0.903. The van der Waals surface area contributed by atoms with E-state index in [0.717, 1.165) is 22.9 Å². The van der Waals surface area contributed by atoms with E-state index in [-0.39, 0.29) is 12.3 Å². The van der Waals surface area contributed by atoms with Crippen LogP contribution in [0.15, 0.2) is 28.7 Å². The Morgan fingerprint density at radius 2 is 2.05 bits per heavy atom. The molecule has 1 aromatic rings. The van der Waals surface area contributed by atoms with Crippen LogP contribution in [-0.4, -0.2) is 34.5 Å². The third-order valence-electron chi connectivity index (χ3n) is 3.41. The summed E-state index contributed by atoms with van der Waals surface area (Å²) in [4.78, 5) is 25.0. The number of nitrogens with zero attached hydrogens (tertiary/aromatic N) is 1. The molecule has 1 unspecified atom stereocenters. The number of hydrogen-bond donors (Lipinski definition) is 1. The number of hydrogen-bond acceptors (Lipinski definition) is 2. The van der Waals surface area contributed by atoms with Gasteiger partial charge in [-0.1, -0.05) is 34.1 Å². The molecule has 1 aromatic carbocycles. The van der Waals surface area contributed by atoms with Crippen LogP contribution in [0.2, 0.25) is 0 Å². The van der Waals surface area contributed by atoms with Crippen molar-refractivity contribution in [2.75, 3.05) is 6.54 Å². The molecule has 0 radical (unpaired) electrons. The van der Waals surface area contributed by atoms with Gasteiger partial charge in [-0.15, -0.1) is 0 Å². The number of benzene rings is 1. The summed E-state index contributed by atoms with van der Waals surface area (Å²) in [5.41, 5.74) is 0.891. The predicted octanol–water partition coefficient (Wildman–Crippen LogP) is 2.46. The number of carboxylic acid groups (broad SMARTS) is 1. The first-order valence-corrected chi connectivity index (χ1v) is 7.14. The number of carbonyl (C=O) groups excluding carboxylic acids is 1. The maximum Gasteiger partial charge on any atom is 0.326 e. The highest BCUT2D eigenvalue weighted by atomic mass is 79.9. The number of aliphatic carboxylic acids is 1. The summed E-state index contributed by atoms with van der Waals surface area (Å²) in [5, 5.41) is 9.18. The van der Waals surface area contributed by atoms with E-state index in [1.807, 2.05) is 24.3 Å². The number of likely N-dealkylation sites (tertiary alicyclic amines) is 1. The summed E-state index contributed by atoms with van der Waals surface area (Å²) in [5.74, 6) is -1.01. The van der Waals surface area contributed by atoms with Gasteiger partial charge in [0.2, 0.25) is 5.91 Å². The van der Waals surface area contributed by atoms with Crippen molar-refractivity contribution in [3.05, 3.63) is 34.3 Å². The zero-order valence-corrected chi connectivity index (χ0v) is 12.1. The molecule has 1 heterocycles.